The number of amides is 1. The summed E-state index contributed by atoms with van der Waals surface area (Å²) >= 11 is 0. The highest BCUT2D eigenvalue weighted by atomic mass is 19.4. The average Bonchev–Trinajstić information content (AvgIpc) is 3.36. The van der Waals surface area contributed by atoms with Crippen molar-refractivity contribution in [1.29, 1.82) is 0 Å². The summed E-state index contributed by atoms with van der Waals surface area (Å²) in [5, 5.41) is 10.4. The lowest BCUT2D eigenvalue weighted by molar-refractivity contribution is -0.137. The molecule has 4 rings (SSSR count). The Labute approximate surface area is 196 Å². The molecule has 0 bridgehead atoms. The van der Waals surface area contributed by atoms with E-state index >= 15 is 0 Å². The van der Waals surface area contributed by atoms with Crippen LogP contribution in [0.1, 0.15) is 71.4 Å². The van der Waals surface area contributed by atoms with Crippen molar-refractivity contribution in [1.82, 2.24) is 14.8 Å². The normalized spacial score (nSPS) is 16.5. The van der Waals surface area contributed by atoms with Crippen LogP contribution in [0, 0.1) is 13.8 Å². The topological polar surface area (TPSA) is 50.5 Å². The van der Waals surface area contributed by atoms with Gasteiger partial charge in [-0.2, -0.15) is 23.4 Å². The first kappa shape index (κ1) is 23.7. The molecule has 1 atom stereocenters. The number of hydrogen-bond acceptors (Lipinski definition) is 3. The number of aromatic nitrogens is 2. The fraction of sp³-hybridized carbons (Fsp3) is 0.346. The SMILES string of the molecule is Cc1cc(C)cc(C2=NN(C(=O)c3cnn(C(C)c4cccc(C(F)(F)F)c4)c3)C(C)(C)C2)c1. The molecule has 1 unspecified atom stereocenters. The molecule has 0 spiro atoms. The Morgan fingerprint density at radius 3 is 2.41 bits per heavy atom. The van der Waals surface area contributed by atoms with Gasteiger partial charge >= 0.3 is 6.18 Å². The fourth-order valence-corrected chi connectivity index (χ4v) is 4.31. The highest BCUT2D eigenvalue weighted by Crippen LogP contribution is 2.33. The van der Waals surface area contributed by atoms with Gasteiger partial charge in [0.15, 0.2) is 0 Å². The van der Waals surface area contributed by atoms with E-state index in [1.165, 1.54) is 22.0 Å². The summed E-state index contributed by atoms with van der Waals surface area (Å²) in [7, 11) is 0. The predicted molar refractivity (Wildman–Crippen MR) is 125 cm³/mol. The number of alkyl halides is 3. The van der Waals surface area contributed by atoms with Crippen molar-refractivity contribution in [2.75, 3.05) is 0 Å². The summed E-state index contributed by atoms with van der Waals surface area (Å²) in [5.74, 6) is -0.299. The molecule has 0 saturated carbocycles. The Morgan fingerprint density at radius 2 is 1.76 bits per heavy atom. The minimum atomic E-state index is -4.42. The van der Waals surface area contributed by atoms with Crippen molar-refractivity contribution < 1.29 is 18.0 Å². The smallest absolute Gasteiger partial charge is 0.267 e. The van der Waals surface area contributed by atoms with Crippen LogP contribution < -0.4 is 0 Å². The lowest BCUT2D eigenvalue weighted by atomic mass is 9.93. The molecular formula is C26H27F3N4O. The molecule has 1 amide bonds. The molecule has 2 heterocycles. The van der Waals surface area contributed by atoms with Crippen LogP contribution in [-0.4, -0.2) is 31.9 Å². The number of nitrogens with zero attached hydrogens (tertiary/aromatic N) is 4. The third-order valence-corrected chi connectivity index (χ3v) is 6.08. The number of hydrogen-bond donors (Lipinski definition) is 0. The first-order chi connectivity index (χ1) is 15.8. The van der Waals surface area contributed by atoms with Gasteiger partial charge in [0.1, 0.15) is 0 Å². The summed E-state index contributed by atoms with van der Waals surface area (Å²) < 4.78 is 40.8. The fourth-order valence-electron chi connectivity index (χ4n) is 4.31. The summed E-state index contributed by atoms with van der Waals surface area (Å²) in [6, 6.07) is 10.9. The third-order valence-electron chi connectivity index (χ3n) is 6.08. The summed E-state index contributed by atoms with van der Waals surface area (Å²) in [5.41, 5.74) is 3.64. The Kier molecular flexibility index (Phi) is 5.87. The summed E-state index contributed by atoms with van der Waals surface area (Å²) in [6.45, 7) is 9.71. The Hall–Kier alpha value is -3.42. The molecule has 1 aliphatic heterocycles. The van der Waals surface area contributed by atoms with Crippen molar-refractivity contribution >= 4 is 11.6 Å². The Bertz CT molecular complexity index is 1250. The van der Waals surface area contributed by atoms with Crippen molar-refractivity contribution in [3.63, 3.8) is 0 Å². The molecule has 178 valence electrons. The quantitative estimate of drug-likeness (QED) is 0.461. The van der Waals surface area contributed by atoms with Gasteiger partial charge in [-0.15, -0.1) is 0 Å². The number of halogens is 3. The van der Waals surface area contributed by atoms with E-state index in [4.69, 9.17) is 0 Å². The maximum absolute atomic E-state index is 13.3. The number of benzene rings is 2. The molecule has 0 fully saturated rings. The maximum atomic E-state index is 13.3. The number of hydrazone groups is 1. The van der Waals surface area contributed by atoms with E-state index < -0.39 is 23.3 Å². The standard InChI is InChI=1S/C26H27F3N4O/c1-16-9-17(2)11-20(10-16)23-13-25(4,5)33(31-23)24(34)21-14-30-32(15-21)18(3)19-7-6-8-22(12-19)26(27,28)29/h6-12,14-15,18H,13H2,1-5H3. The summed E-state index contributed by atoms with van der Waals surface area (Å²) in [4.78, 5) is 13.3. The first-order valence-corrected chi connectivity index (χ1v) is 11.1. The van der Waals surface area contributed by atoms with Crippen molar-refractivity contribution in [2.24, 2.45) is 5.10 Å². The molecule has 8 heteroatoms. The second-order valence-corrected chi connectivity index (χ2v) is 9.54. The minimum absolute atomic E-state index is 0.299. The van der Waals surface area contributed by atoms with E-state index in [2.05, 4.69) is 28.4 Å². The van der Waals surface area contributed by atoms with Crippen LogP contribution in [0.4, 0.5) is 13.2 Å². The van der Waals surface area contributed by atoms with Gasteiger partial charge in [0.05, 0.1) is 34.6 Å². The van der Waals surface area contributed by atoms with E-state index in [-0.39, 0.29) is 5.91 Å². The largest absolute Gasteiger partial charge is 0.416 e. The van der Waals surface area contributed by atoms with Crippen LogP contribution in [0.3, 0.4) is 0 Å². The first-order valence-electron chi connectivity index (χ1n) is 11.1. The third kappa shape index (κ3) is 4.62. The Balaban J connectivity index is 1.60. The second-order valence-electron chi connectivity index (χ2n) is 9.54. The molecule has 1 aliphatic rings. The molecule has 0 aliphatic carbocycles. The van der Waals surface area contributed by atoms with Crippen molar-refractivity contribution in [2.45, 2.75) is 58.8 Å². The highest BCUT2D eigenvalue weighted by molar-refractivity contribution is 6.05. The van der Waals surface area contributed by atoms with Crippen LogP contribution in [0.25, 0.3) is 0 Å². The van der Waals surface area contributed by atoms with Gasteiger partial charge in [-0.3, -0.25) is 9.48 Å². The van der Waals surface area contributed by atoms with Gasteiger partial charge in [0.2, 0.25) is 0 Å². The zero-order valence-electron chi connectivity index (χ0n) is 19.8. The lowest BCUT2D eigenvalue weighted by Gasteiger charge is -2.28. The zero-order chi connectivity index (χ0) is 24.8. The van der Waals surface area contributed by atoms with Gasteiger partial charge in [0, 0.05) is 12.6 Å². The van der Waals surface area contributed by atoms with Crippen LogP contribution >= 0.6 is 0 Å². The number of carbonyl (C=O) groups excluding carboxylic acids is 1. The molecule has 5 nitrogen and oxygen atoms in total. The monoisotopic (exact) mass is 468 g/mol. The molecule has 34 heavy (non-hydrogen) atoms. The second kappa shape index (κ2) is 8.42. The zero-order valence-corrected chi connectivity index (χ0v) is 19.8. The van der Waals surface area contributed by atoms with Crippen LogP contribution in [0.2, 0.25) is 0 Å². The van der Waals surface area contributed by atoms with Gasteiger partial charge in [-0.1, -0.05) is 41.5 Å². The number of carbonyl (C=O) groups is 1. The van der Waals surface area contributed by atoms with E-state index in [1.807, 2.05) is 27.7 Å². The van der Waals surface area contributed by atoms with E-state index in [0.29, 0.717) is 17.5 Å². The van der Waals surface area contributed by atoms with E-state index in [0.717, 1.165) is 34.5 Å². The van der Waals surface area contributed by atoms with E-state index in [9.17, 15) is 18.0 Å². The van der Waals surface area contributed by atoms with Crippen LogP contribution in [0.15, 0.2) is 60.0 Å². The van der Waals surface area contributed by atoms with Gasteiger partial charge in [-0.25, -0.2) is 5.01 Å². The van der Waals surface area contributed by atoms with Gasteiger partial charge < -0.3 is 0 Å². The molecule has 0 N–H and O–H groups in total. The molecule has 2 aromatic carbocycles. The molecule has 1 aromatic heterocycles. The molecule has 0 radical (unpaired) electrons. The predicted octanol–water partition coefficient (Wildman–Crippen LogP) is 6.16. The van der Waals surface area contributed by atoms with Crippen molar-refractivity contribution in [3.8, 4) is 0 Å². The van der Waals surface area contributed by atoms with Crippen molar-refractivity contribution in [3.05, 3.63) is 88.2 Å². The van der Waals surface area contributed by atoms with E-state index in [1.54, 1.807) is 19.2 Å². The molecular weight excluding hydrogens is 441 g/mol. The minimum Gasteiger partial charge on any atom is -0.267 e. The summed E-state index contributed by atoms with van der Waals surface area (Å²) in [6.07, 6.45) is -0.815. The van der Waals surface area contributed by atoms with Gasteiger partial charge in [-0.05, 0) is 57.9 Å². The Morgan fingerprint density at radius 1 is 1.09 bits per heavy atom. The molecule has 0 saturated heterocycles. The molecule has 3 aromatic rings. The van der Waals surface area contributed by atoms with Crippen LogP contribution in [-0.2, 0) is 6.18 Å². The highest BCUT2D eigenvalue weighted by Gasteiger charge is 2.39. The van der Waals surface area contributed by atoms with Crippen LogP contribution in [0.5, 0.6) is 0 Å². The maximum Gasteiger partial charge on any atom is 0.416 e. The average molecular weight is 469 g/mol. The lowest BCUT2D eigenvalue weighted by Crippen LogP contribution is -2.40. The number of aryl methyl sites for hydroxylation is 2. The van der Waals surface area contributed by atoms with Gasteiger partial charge in [0.25, 0.3) is 5.91 Å². The number of rotatable bonds is 4.